The highest BCUT2D eigenvalue weighted by molar-refractivity contribution is 7.18. The molecule has 0 aromatic carbocycles. The summed E-state index contributed by atoms with van der Waals surface area (Å²) in [5.41, 5.74) is 0. The summed E-state index contributed by atoms with van der Waals surface area (Å²) in [6.07, 6.45) is 7.89. The minimum absolute atomic E-state index is 0.338. The van der Waals surface area contributed by atoms with Crippen LogP contribution in [0.15, 0.2) is 6.07 Å². The summed E-state index contributed by atoms with van der Waals surface area (Å²) in [4.78, 5) is 11.0. The molecule has 1 aliphatic carbocycles. The minimum atomic E-state index is 0.338. The van der Waals surface area contributed by atoms with Gasteiger partial charge in [0.2, 0.25) is 5.28 Å². The van der Waals surface area contributed by atoms with Gasteiger partial charge in [-0.25, -0.2) is 9.97 Å². The molecule has 1 saturated carbocycles. The largest absolute Gasteiger partial charge is 0.366 e. The molecule has 0 aliphatic heterocycles. The number of nitrogens with zero attached hydrogens (tertiary/aromatic N) is 2. The SMILES string of the molecule is CCC(Nc1nc(Cl)nc2sc(C)cc12)C1CCCCC1. The Bertz CT molecular complexity index is 619. The molecule has 1 unspecified atom stereocenters. The third-order valence-electron chi connectivity index (χ3n) is 4.47. The molecule has 0 bridgehead atoms. The standard InChI is InChI=1S/C16H22ClN3S/c1-3-13(11-7-5-4-6-8-11)18-14-12-9-10(2)21-15(12)20-16(17)19-14/h9,11,13H,3-8H2,1-2H3,(H,18,19,20). The van der Waals surface area contributed by atoms with E-state index in [-0.39, 0.29) is 0 Å². The molecule has 2 aromatic heterocycles. The average molecular weight is 324 g/mol. The molecule has 0 spiro atoms. The van der Waals surface area contributed by atoms with Crippen molar-refractivity contribution >= 4 is 39.0 Å². The van der Waals surface area contributed by atoms with Gasteiger partial charge < -0.3 is 5.32 Å². The number of aryl methyl sites for hydroxylation is 1. The molecule has 0 amide bonds. The predicted octanol–water partition coefficient (Wildman–Crippen LogP) is 5.42. The van der Waals surface area contributed by atoms with Crippen molar-refractivity contribution in [1.82, 2.24) is 9.97 Å². The molecule has 1 fully saturated rings. The zero-order valence-corrected chi connectivity index (χ0v) is 14.2. The summed E-state index contributed by atoms with van der Waals surface area (Å²) in [5.74, 6) is 1.67. The van der Waals surface area contributed by atoms with Gasteiger partial charge in [0.05, 0.1) is 5.39 Å². The quantitative estimate of drug-likeness (QED) is 0.763. The van der Waals surface area contributed by atoms with E-state index in [2.05, 4.69) is 35.2 Å². The van der Waals surface area contributed by atoms with Crippen LogP contribution in [0.3, 0.4) is 0 Å². The van der Waals surface area contributed by atoms with Crippen LogP contribution in [0.2, 0.25) is 5.28 Å². The second kappa shape index (κ2) is 6.49. The van der Waals surface area contributed by atoms with Gasteiger partial charge in [-0.05, 0) is 49.8 Å². The van der Waals surface area contributed by atoms with Crippen molar-refractivity contribution < 1.29 is 0 Å². The van der Waals surface area contributed by atoms with E-state index in [1.54, 1.807) is 11.3 Å². The summed E-state index contributed by atoms with van der Waals surface area (Å²) in [5, 5.41) is 5.11. The first-order valence-electron chi connectivity index (χ1n) is 7.87. The topological polar surface area (TPSA) is 37.8 Å². The molecule has 114 valence electrons. The highest BCUT2D eigenvalue weighted by Crippen LogP contribution is 2.33. The summed E-state index contributed by atoms with van der Waals surface area (Å²) >= 11 is 7.77. The van der Waals surface area contributed by atoms with Gasteiger partial charge in [-0.1, -0.05) is 26.2 Å². The van der Waals surface area contributed by atoms with Gasteiger partial charge in [0.15, 0.2) is 0 Å². The Labute approximate surface area is 135 Å². The molecule has 3 rings (SSSR count). The Morgan fingerprint density at radius 2 is 2.10 bits per heavy atom. The summed E-state index contributed by atoms with van der Waals surface area (Å²) < 4.78 is 0. The second-order valence-corrected chi connectivity index (χ2v) is 7.55. The number of aromatic nitrogens is 2. The molecule has 21 heavy (non-hydrogen) atoms. The molecule has 1 aliphatic rings. The zero-order chi connectivity index (χ0) is 14.8. The smallest absolute Gasteiger partial charge is 0.225 e. The van der Waals surface area contributed by atoms with E-state index in [0.717, 1.165) is 28.4 Å². The van der Waals surface area contributed by atoms with Gasteiger partial charge in [0.1, 0.15) is 10.6 Å². The lowest BCUT2D eigenvalue weighted by atomic mass is 9.83. The molecular weight excluding hydrogens is 302 g/mol. The first-order chi connectivity index (χ1) is 10.2. The normalized spacial score (nSPS) is 18.0. The van der Waals surface area contributed by atoms with E-state index in [0.29, 0.717) is 11.3 Å². The lowest BCUT2D eigenvalue weighted by Gasteiger charge is -2.30. The van der Waals surface area contributed by atoms with E-state index in [4.69, 9.17) is 11.6 Å². The van der Waals surface area contributed by atoms with Crippen LogP contribution < -0.4 is 5.32 Å². The van der Waals surface area contributed by atoms with Crippen LogP contribution in [0.4, 0.5) is 5.82 Å². The number of thiophene rings is 1. The molecule has 5 heteroatoms. The van der Waals surface area contributed by atoms with E-state index < -0.39 is 0 Å². The maximum absolute atomic E-state index is 6.09. The van der Waals surface area contributed by atoms with Crippen molar-refractivity contribution in [3.63, 3.8) is 0 Å². The van der Waals surface area contributed by atoms with Gasteiger partial charge in [-0.15, -0.1) is 11.3 Å². The Morgan fingerprint density at radius 1 is 1.33 bits per heavy atom. The van der Waals surface area contributed by atoms with E-state index in [1.165, 1.54) is 37.0 Å². The van der Waals surface area contributed by atoms with Crippen LogP contribution in [-0.2, 0) is 0 Å². The molecule has 3 nitrogen and oxygen atoms in total. The predicted molar refractivity (Wildman–Crippen MR) is 91.4 cm³/mol. The summed E-state index contributed by atoms with van der Waals surface area (Å²) in [6.45, 7) is 4.35. The Balaban J connectivity index is 1.88. The maximum Gasteiger partial charge on any atom is 0.225 e. The van der Waals surface area contributed by atoms with E-state index >= 15 is 0 Å². The van der Waals surface area contributed by atoms with Crippen molar-refractivity contribution in [2.45, 2.75) is 58.4 Å². The lowest BCUT2D eigenvalue weighted by molar-refractivity contribution is 0.313. The van der Waals surface area contributed by atoms with E-state index in [9.17, 15) is 0 Å². The van der Waals surface area contributed by atoms with Crippen LogP contribution in [0.1, 0.15) is 50.3 Å². The average Bonchev–Trinajstić information content (AvgIpc) is 2.85. The fourth-order valence-electron chi connectivity index (χ4n) is 3.39. The lowest BCUT2D eigenvalue weighted by Crippen LogP contribution is -2.30. The van der Waals surface area contributed by atoms with Gasteiger partial charge in [0.25, 0.3) is 0 Å². The Kier molecular flexibility index (Phi) is 4.65. The van der Waals surface area contributed by atoms with Crippen LogP contribution >= 0.6 is 22.9 Å². The molecule has 1 N–H and O–H groups in total. The molecule has 0 radical (unpaired) electrons. The number of fused-ring (bicyclic) bond motifs is 1. The van der Waals surface area contributed by atoms with Crippen LogP contribution in [0.25, 0.3) is 10.2 Å². The number of halogens is 1. The second-order valence-electron chi connectivity index (χ2n) is 5.97. The number of hydrogen-bond donors (Lipinski definition) is 1. The first kappa shape index (κ1) is 15.0. The Morgan fingerprint density at radius 3 is 2.81 bits per heavy atom. The zero-order valence-electron chi connectivity index (χ0n) is 12.7. The number of nitrogens with one attached hydrogen (secondary N) is 1. The molecular formula is C16H22ClN3S. The van der Waals surface area contributed by atoms with Crippen molar-refractivity contribution in [3.05, 3.63) is 16.2 Å². The van der Waals surface area contributed by atoms with Crippen molar-refractivity contribution in [3.8, 4) is 0 Å². The van der Waals surface area contributed by atoms with Crippen molar-refractivity contribution in [1.29, 1.82) is 0 Å². The van der Waals surface area contributed by atoms with E-state index in [1.807, 2.05) is 0 Å². The van der Waals surface area contributed by atoms with Gasteiger partial charge >= 0.3 is 0 Å². The third-order valence-corrected chi connectivity index (χ3v) is 5.58. The van der Waals surface area contributed by atoms with Gasteiger partial charge in [-0.3, -0.25) is 0 Å². The highest BCUT2D eigenvalue weighted by Gasteiger charge is 2.23. The maximum atomic E-state index is 6.09. The summed E-state index contributed by atoms with van der Waals surface area (Å²) in [6, 6.07) is 2.64. The number of rotatable bonds is 4. The molecule has 1 atom stereocenters. The minimum Gasteiger partial charge on any atom is -0.366 e. The fourth-order valence-corrected chi connectivity index (χ4v) is 4.49. The van der Waals surface area contributed by atoms with Crippen LogP contribution in [-0.4, -0.2) is 16.0 Å². The van der Waals surface area contributed by atoms with Crippen molar-refractivity contribution in [2.24, 2.45) is 5.92 Å². The van der Waals surface area contributed by atoms with Gasteiger partial charge in [0, 0.05) is 10.9 Å². The van der Waals surface area contributed by atoms with Crippen LogP contribution in [0.5, 0.6) is 0 Å². The monoisotopic (exact) mass is 323 g/mol. The molecule has 0 saturated heterocycles. The molecule has 2 heterocycles. The van der Waals surface area contributed by atoms with Gasteiger partial charge in [-0.2, -0.15) is 0 Å². The summed E-state index contributed by atoms with van der Waals surface area (Å²) in [7, 11) is 0. The fraction of sp³-hybridized carbons (Fsp3) is 0.625. The van der Waals surface area contributed by atoms with Crippen LogP contribution in [0, 0.1) is 12.8 Å². The number of hydrogen-bond acceptors (Lipinski definition) is 4. The molecule has 2 aromatic rings. The first-order valence-corrected chi connectivity index (χ1v) is 9.07. The Hall–Kier alpha value is -0.870. The number of anilines is 1. The van der Waals surface area contributed by atoms with Crippen molar-refractivity contribution in [2.75, 3.05) is 5.32 Å². The highest BCUT2D eigenvalue weighted by atomic mass is 35.5. The third kappa shape index (κ3) is 3.32.